The first-order chi connectivity index (χ1) is 14.2. The quantitative estimate of drug-likeness (QED) is 0.441. The lowest BCUT2D eigenvalue weighted by molar-refractivity contribution is 0.0682. The molecule has 0 aliphatic heterocycles. The van der Waals surface area contributed by atoms with Gasteiger partial charge in [0, 0.05) is 0 Å². The molecule has 2 bridgehead atoms. The van der Waals surface area contributed by atoms with Gasteiger partial charge in [-0.2, -0.15) is 0 Å². The zero-order chi connectivity index (χ0) is 19.8. The van der Waals surface area contributed by atoms with E-state index >= 15 is 0 Å². The van der Waals surface area contributed by atoms with Crippen molar-refractivity contribution in [2.75, 3.05) is 0 Å². The fraction of sp³-hybridized carbons (Fsp3) is 0.200. The third-order valence-corrected chi connectivity index (χ3v) is 5.89. The summed E-state index contributed by atoms with van der Waals surface area (Å²) in [5.41, 5.74) is 3.35. The number of hydrogen-bond donors (Lipinski definition) is 0. The van der Waals surface area contributed by atoms with Crippen LogP contribution >= 0.6 is 0 Å². The predicted molar refractivity (Wildman–Crippen MR) is 109 cm³/mol. The van der Waals surface area contributed by atoms with Crippen molar-refractivity contribution in [3.05, 3.63) is 95.1 Å². The van der Waals surface area contributed by atoms with Gasteiger partial charge in [-0.05, 0) is 78.6 Å². The van der Waals surface area contributed by atoms with Gasteiger partial charge in [0.25, 0.3) is 0 Å². The number of carbonyl (C=O) groups excluding carboxylic acids is 2. The Kier molecular flexibility index (Phi) is 4.39. The highest BCUT2D eigenvalue weighted by Gasteiger charge is 2.38. The Morgan fingerprint density at radius 2 is 1.07 bits per heavy atom. The summed E-state index contributed by atoms with van der Waals surface area (Å²) in [5, 5.41) is 0. The van der Waals surface area contributed by atoms with Crippen LogP contribution in [0.25, 0.3) is 0 Å². The molecular weight excluding hydrogens is 364 g/mol. The van der Waals surface area contributed by atoms with Crippen LogP contribution in [0.2, 0.25) is 0 Å². The summed E-state index contributed by atoms with van der Waals surface area (Å²) in [6.45, 7) is 0. The molecule has 0 spiro atoms. The van der Waals surface area contributed by atoms with Crippen LogP contribution in [0.1, 0.15) is 62.9 Å². The average Bonchev–Trinajstić information content (AvgIpc) is 3.37. The second kappa shape index (κ2) is 7.21. The smallest absolute Gasteiger partial charge is 0.343 e. The summed E-state index contributed by atoms with van der Waals surface area (Å²) in [5.74, 6) is 0.673. The monoisotopic (exact) mass is 384 g/mol. The maximum atomic E-state index is 12.6. The molecule has 0 heterocycles. The Balaban J connectivity index is 1.49. The molecule has 2 aliphatic rings. The van der Waals surface area contributed by atoms with Crippen LogP contribution in [0, 0.1) is 0 Å². The summed E-state index contributed by atoms with van der Waals surface area (Å²) in [4.78, 5) is 25.2. The molecule has 2 atom stereocenters. The SMILES string of the molecule is O=C(Oc1cc2c(cc1OC(=O)c1ccccc1)C1CCC2C1)c1ccccc1. The van der Waals surface area contributed by atoms with Gasteiger partial charge in [-0.15, -0.1) is 0 Å². The number of rotatable bonds is 4. The zero-order valence-corrected chi connectivity index (χ0v) is 15.8. The Labute approximate surface area is 169 Å². The molecule has 0 saturated heterocycles. The molecule has 3 aromatic carbocycles. The first kappa shape index (κ1) is 17.7. The molecule has 29 heavy (non-hydrogen) atoms. The van der Waals surface area contributed by atoms with Crippen molar-refractivity contribution in [3.63, 3.8) is 0 Å². The van der Waals surface area contributed by atoms with Crippen LogP contribution in [-0.2, 0) is 0 Å². The van der Waals surface area contributed by atoms with Crippen molar-refractivity contribution in [1.29, 1.82) is 0 Å². The van der Waals surface area contributed by atoms with E-state index in [1.165, 1.54) is 11.1 Å². The summed E-state index contributed by atoms with van der Waals surface area (Å²) >= 11 is 0. The molecule has 2 aliphatic carbocycles. The molecule has 2 unspecified atom stereocenters. The van der Waals surface area contributed by atoms with Gasteiger partial charge in [0.1, 0.15) is 0 Å². The van der Waals surface area contributed by atoms with E-state index in [1.807, 2.05) is 24.3 Å². The van der Waals surface area contributed by atoms with Gasteiger partial charge in [-0.1, -0.05) is 36.4 Å². The summed E-state index contributed by atoms with van der Waals surface area (Å²) in [7, 11) is 0. The van der Waals surface area contributed by atoms with E-state index in [-0.39, 0.29) is 0 Å². The Morgan fingerprint density at radius 3 is 1.48 bits per heavy atom. The second-order valence-corrected chi connectivity index (χ2v) is 7.65. The maximum Gasteiger partial charge on any atom is 0.343 e. The Hall–Kier alpha value is -3.40. The minimum Gasteiger partial charge on any atom is -0.419 e. The lowest BCUT2D eigenvalue weighted by Crippen LogP contribution is -2.13. The lowest BCUT2D eigenvalue weighted by atomic mass is 9.91. The Bertz CT molecular complexity index is 986. The second-order valence-electron chi connectivity index (χ2n) is 7.65. The highest BCUT2D eigenvalue weighted by molar-refractivity contribution is 5.93. The Morgan fingerprint density at radius 1 is 0.655 bits per heavy atom. The number of carbonyl (C=O) groups is 2. The first-order valence-corrected chi connectivity index (χ1v) is 9.91. The summed E-state index contributed by atoms with van der Waals surface area (Å²) in [6, 6.07) is 21.4. The van der Waals surface area contributed by atoms with Crippen molar-refractivity contribution >= 4 is 11.9 Å². The number of hydrogen-bond acceptors (Lipinski definition) is 4. The number of esters is 2. The van der Waals surface area contributed by atoms with Gasteiger partial charge in [-0.3, -0.25) is 0 Å². The van der Waals surface area contributed by atoms with Crippen molar-refractivity contribution < 1.29 is 19.1 Å². The van der Waals surface area contributed by atoms with Gasteiger partial charge in [0.05, 0.1) is 11.1 Å². The van der Waals surface area contributed by atoms with Gasteiger partial charge < -0.3 is 9.47 Å². The summed E-state index contributed by atoms with van der Waals surface area (Å²) in [6.07, 6.45) is 3.44. The minimum absolute atomic E-state index is 0.300. The van der Waals surface area contributed by atoms with Crippen molar-refractivity contribution in [2.24, 2.45) is 0 Å². The molecule has 3 aromatic rings. The number of ether oxygens (including phenoxy) is 2. The molecule has 0 N–H and O–H groups in total. The van der Waals surface area contributed by atoms with Crippen LogP contribution in [0.4, 0.5) is 0 Å². The van der Waals surface area contributed by atoms with E-state index in [1.54, 1.807) is 48.5 Å². The van der Waals surface area contributed by atoms with Crippen LogP contribution in [0.15, 0.2) is 72.8 Å². The molecule has 0 aromatic heterocycles. The molecule has 4 nitrogen and oxygen atoms in total. The average molecular weight is 384 g/mol. The zero-order valence-electron chi connectivity index (χ0n) is 15.8. The van der Waals surface area contributed by atoms with Crippen LogP contribution in [-0.4, -0.2) is 11.9 Å². The predicted octanol–water partition coefficient (Wildman–Crippen LogP) is 5.49. The first-order valence-electron chi connectivity index (χ1n) is 9.91. The highest BCUT2D eigenvalue weighted by Crippen LogP contribution is 2.55. The molecule has 144 valence electrons. The van der Waals surface area contributed by atoms with E-state index in [9.17, 15) is 9.59 Å². The summed E-state index contributed by atoms with van der Waals surface area (Å²) < 4.78 is 11.4. The normalized spacial score (nSPS) is 18.9. The van der Waals surface area contributed by atoms with Crippen LogP contribution < -0.4 is 9.47 Å². The molecule has 5 rings (SSSR count). The van der Waals surface area contributed by atoms with E-state index in [2.05, 4.69) is 0 Å². The number of benzene rings is 3. The van der Waals surface area contributed by atoms with Crippen LogP contribution in [0.3, 0.4) is 0 Å². The highest BCUT2D eigenvalue weighted by atomic mass is 16.6. The van der Waals surface area contributed by atoms with E-state index in [0.29, 0.717) is 34.5 Å². The fourth-order valence-electron chi connectivity index (χ4n) is 4.47. The van der Waals surface area contributed by atoms with Crippen molar-refractivity contribution in [1.82, 2.24) is 0 Å². The third kappa shape index (κ3) is 3.31. The minimum atomic E-state index is -0.467. The topological polar surface area (TPSA) is 52.6 Å². The van der Waals surface area contributed by atoms with Gasteiger partial charge in [0.15, 0.2) is 11.5 Å². The van der Waals surface area contributed by atoms with Gasteiger partial charge in [-0.25, -0.2) is 9.59 Å². The van der Waals surface area contributed by atoms with Gasteiger partial charge >= 0.3 is 11.9 Å². The molecule has 0 amide bonds. The molecule has 0 radical (unpaired) electrons. The molecule has 1 fully saturated rings. The van der Waals surface area contributed by atoms with E-state index in [4.69, 9.17) is 9.47 Å². The third-order valence-electron chi connectivity index (χ3n) is 5.89. The van der Waals surface area contributed by atoms with Crippen LogP contribution in [0.5, 0.6) is 11.5 Å². The van der Waals surface area contributed by atoms with Crippen molar-refractivity contribution in [2.45, 2.75) is 31.1 Å². The lowest BCUT2D eigenvalue weighted by Gasteiger charge is -2.19. The molecular formula is C25H20O4. The molecule has 4 heteroatoms. The van der Waals surface area contributed by atoms with Crippen molar-refractivity contribution in [3.8, 4) is 11.5 Å². The maximum absolute atomic E-state index is 12.6. The fourth-order valence-corrected chi connectivity index (χ4v) is 4.47. The van der Waals surface area contributed by atoms with E-state index < -0.39 is 11.9 Å². The van der Waals surface area contributed by atoms with Gasteiger partial charge in [0.2, 0.25) is 0 Å². The standard InChI is InChI=1S/C25H20O4/c26-24(16-7-3-1-4-8-16)28-22-14-20-18-11-12-19(13-18)21(20)15-23(22)29-25(27)17-9-5-2-6-10-17/h1-10,14-15,18-19H,11-13H2. The van der Waals surface area contributed by atoms with E-state index in [0.717, 1.165) is 19.3 Å². The molecule has 1 saturated carbocycles. The number of fused-ring (bicyclic) bond motifs is 5. The largest absolute Gasteiger partial charge is 0.419 e.